The molecule has 1 aromatic carbocycles. The number of fused-ring (bicyclic) bond motifs is 1. The second-order valence-electron chi connectivity index (χ2n) is 7.67. The highest BCUT2D eigenvalue weighted by molar-refractivity contribution is 7.89. The van der Waals surface area contributed by atoms with Crippen molar-refractivity contribution in [3.63, 3.8) is 0 Å². The molecule has 4 rings (SSSR count). The number of nitrogens with one attached hydrogen (secondary N) is 2. The van der Waals surface area contributed by atoms with E-state index in [-0.39, 0.29) is 18.2 Å². The maximum Gasteiger partial charge on any atom is 0.251 e. The summed E-state index contributed by atoms with van der Waals surface area (Å²) < 4.78 is 27.5. The molecule has 11 heteroatoms. The van der Waals surface area contributed by atoms with Crippen LogP contribution in [0.25, 0.3) is 22.2 Å². The molecule has 1 saturated heterocycles. The first kappa shape index (κ1) is 22.2. The standard InChI is InChI=1S/C21H25N5O5S/c22-32(29,30)10-5-23-20(27)15-2-4-17-16(11-15)19(21(28)25-17)18-3-1-14(12-24-18)13-26-6-8-31-9-7-26/h1-4,11-12,25,28H,5-10,13H2,(H,23,27)(H2,22,29,30). The number of hydrogen-bond acceptors (Lipinski definition) is 7. The molecule has 0 unspecified atom stereocenters. The predicted molar refractivity (Wildman–Crippen MR) is 120 cm³/mol. The summed E-state index contributed by atoms with van der Waals surface area (Å²) in [5, 5.41) is 18.6. The molecule has 2 aromatic heterocycles. The van der Waals surface area contributed by atoms with Gasteiger partial charge in [0.15, 0.2) is 5.88 Å². The Morgan fingerprint density at radius 3 is 2.72 bits per heavy atom. The van der Waals surface area contributed by atoms with Crippen molar-refractivity contribution < 1.29 is 23.1 Å². The van der Waals surface area contributed by atoms with E-state index in [9.17, 15) is 18.3 Å². The van der Waals surface area contributed by atoms with E-state index in [1.54, 1.807) is 24.4 Å². The Morgan fingerprint density at radius 2 is 2.03 bits per heavy atom. The highest BCUT2D eigenvalue weighted by Gasteiger charge is 2.17. The van der Waals surface area contributed by atoms with E-state index >= 15 is 0 Å². The van der Waals surface area contributed by atoms with Gasteiger partial charge in [-0.2, -0.15) is 0 Å². The number of primary sulfonamides is 1. The van der Waals surface area contributed by atoms with Crippen molar-refractivity contribution >= 4 is 26.8 Å². The van der Waals surface area contributed by atoms with Crippen molar-refractivity contribution in [2.75, 3.05) is 38.6 Å². The number of nitrogens with two attached hydrogens (primary N) is 1. The van der Waals surface area contributed by atoms with Crippen LogP contribution >= 0.6 is 0 Å². The van der Waals surface area contributed by atoms with Gasteiger partial charge >= 0.3 is 0 Å². The van der Waals surface area contributed by atoms with Crippen molar-refractivity contribution in [3.8, 4) is 17.1 Å². The number of aromatic hydroxyl groups is 1. The number of sulfonamides is 1. The Balaban J connectivity index is 1.55. The summed E-state index contributed by atoms with van der Waals surface area (Å²) in [6.45, 7) is 3.91. The average molecular weight is 460 g/mol. The van der Waals surface area contributed by atoms with Crippen LogP contribution in [0.2, 0.25) is 0 Å². The van der Waals surface area contributed by atoms with Crippen LogP contribution in [0.1, 0.15) is 15.9 Å². The van der Waals surface area contributed by atoms with Gasteiger partial charge in [0.25, 0.3) is 5.91 Å². The largest absolute Gasteiger partial charge is 0.494 e. The molecule has 1 fully saturated rings. The monoisotopic (exact) mass is 459 g/mol. The molecule has 0 atom stereocenters. The Kier molecular flexibility index (Phi) is 6.42. The van der Waals surface area contributed by atoms with Crippen LogP contribution in [0.4, 0.5) is 0 Å². The fourth-order valence-corrected chi connectivity index (χ4v) is 4.06. The van der Waals surface area contributed by atoms with Crippen molar-refractivity contribution in [1.82, 2.24) is 20.2 Å². The molecule has 1 amide bonds. The van der Waals surface area contributed by atoms with Gasteiger partial charge in [-0.05, 0) is 29.8 Å². The van der Waals surface area contributed by atoms with Crippen LogP contribution in [0.5, 0.6) is 5.88 Å². The van der Waals surface area contributed by atoms with Gasteiger partial charge in [0.05, 0.1) is 30.2 Å². The molecule has 0 aliphatic carbocycles. The number of benzene rings is 1. The number of morpholine rings is 1. The number of amides is 1. The van der Waals surface area contributed by atoms with Crippen LogP contribution in [-0.4, -0.2) is 72.9 Å². The first-order chi connectivity index (χ1) is 15.3. The smallest absolute Gasteiger partial charge is 0.251 e. The molecule has 1 aliphatic heterocycles. The Bertz CT molecular complexity index is 1220. The average Bonchev–Trinajstić information content (AvgIpc) is 3.09. The Morgan fingerprint density at radius 1 is 1.25 bits per heavy atom. The molecular weight excluding hydrogens is 434 g/mol. The van der Waals surface area contributed by atoms with Gasteiger partial charge in [-0.3, -0.25) is 14.7 Å². The zero-order valence-electron chi connectivity index (χ0n) is 17.4. The molecule has 10 nitrogen and oxygen atoms in total. The minimum absolute atomic E-state index is 0.0415. The third-order valence-electron chi connectivity index (χ3n) is 5.30. The summed E-state index contributed by atoms with van der Waals surface area (Å²) >= 11 is 0. The summed E-state index contributed by atoms with van der Waals surface area (Å²) in [6, 6.07) is 8.72. The van der Waals surface area contributed by atoms with Crippen LogP contribution < -0.4 is 10.5 Å². The number of hydrogen-bond donors (Lipinski definition) is 4. The molecule has 1 aliphatic rings. The summed E-state index contributed by atoms with van der Waals surface area (Å²) in [7, 11) is -3.66. The van der Waals surface area contributed by atoms with E-state index < -0.39 is 15.9 Å². The molecule has 3 heterocycles. The minimum atomic E-state index is -3.66. The number of carbonyl (C=O) groups excluding carboxylic acids is 1. The van der Waals surface area contributed by atoms with Gasteiger partial charge in [0.1, 0.15) is 0 Å². The summed E-state index contributed by atoms with van der Waals surface area (Å²) in [4.78, 5) is 22.1. The van der Waals surface area contributed by atoms with Crippen LogP contribution in [-0.2, 0) is 21.3 Å². The van der Waals surface area contributed by atoms with Gasteiger partial charge in [0, 0.05) is 48.8 Å². The molecule has 170 valence electrons. The predicted octanol–water partition coefficient (Wildman–Crippen LogP) is 0.786. The SMILES string of the molecule is NS(=O)(=O)CCNC(=O)c1ccc2[nH]c(O)c(-c3ccc(CN4CCOCC4)cn3)c2c1. The van der Waals surface area contributed by atoms with Crippen LogP contribution in [0.15, 0.2) is 36.5 Å². The van der Waals surface area contributed by atoms with E-state index in [1.165, 1.54) is 0 Å². The first-order valence-corrected chi connectivity index (χ1v) is 11.9. The van der Waals surface area contributed by atoms with Crippen LogP contribution in [0, 0.1) is 0 Å². The number of H-pyrrole nitrogens is 1. The quantitative estimate of drug-likeness (QED) is 0.408. The minimum Gasteiger partial charge on any atom is -0.494 e. The highest BCUT2D eigenvalue weighted by atomic mass is 32.2. The van der Waals surface area contributed by atoms with Crippen LogP contribution in [0.3, 0.4) is 0 Å². The number of aromatic amines is 1. The van der Waals surface area contributed by atoms with E-state index in [2.05, 4.69) is 20.2 Å². The number of ether oxygens (including phenoxy) is 1. The summed E-state index contributed by atoms with van der Waals surface area (Å²) in [5.74, 6) is -0.825. The van der Waals surface area contributed by atoms with Crippen molar-refractivity contribution in [2.45, 2.75) is 6.54 Å². The van der Waals surface area contributed by atoms with Crippen molar-refractivity contribution in [2.24, 2.45) is 5.14 Å². The zero-order chi connectivity index (χ0) is 22.7. The van der Waals surface area contributed by atoms with Gasteiger partial charge in [0.2, 0.25) is 10.0 Å². The zero-order valence-corrected chi connectivity index (χ0v) is 18.2. The van der Waals surface area contributed by atoms with Gasteiger partial charge in [-0.15, -0.1) is 0 Å². The van der Waals surface area contributed by atoms with Gasteiger partial charge < -0.3 is 20.1 Å². The molecule has 0 spiro atoms. The van der Waals surface area contributed by atoms with Gasteiger partial charge in [-0.25, -0.2) is 13.6 Å². The maximum atomic E-state index is 12.4. The van der Waals surface area contributed by atoms with Gasteiger partial charge in [-0.1, -0.05) is 6.07 Å². The summed E-state index contributed by atoms with van der Waals surface area (Å²) in [5.41, 5.74) is 3.11. The number of pyridine rings is 1. The number of nitrogens with zero attached hydrogens (tertiary/aromatic N) is 2. The first-order valence-electron chi connectivity index (χ1n) is 10.2. The van der Waals surface area contributed by atoms with Crippen molar-refractivity contribution in [1.29, 1.82) is 0 Å². The molecule has 3 aromatic rings. The second-order valence-corrected chi connectivity index (χ2v) is 9.41. The maximum absolute atomic E-state index is 12.4. The molecule has 5 N–H and O–H groups in total. The molecule has 0 radical (unpaired) electrons. The van der Waals surface area contributed by atoms with Crippen molar-refractivity contribution in [3.05, 3.63) is 47.7 Å². The Hall–Kier alpha value is -2.99. The highest BCUT2D eigenvalue weighted by Crippen LogP contribution is 2.36. The molecule has 32 heavy (non-hydrogen) atoms. The molecular formula is C21H25N5O5S. The normalized spacial score (nSPS) is 15.2. The molecule has 0 bridgehead atoms. The second kappa shape index (κ2) is 9.25. The summed E-state index contributed by atoms with van der Waals surface area (Å²) in [6.07, 6.45) is 1.78. The third-order valence-corrected chi connectivity index (χ3v) is 6.08. The lowest BCUT2D eigenvalue weighted by Gasteiger charge is -2.26. The van der Waals surface area contributed by atoms with E-state index in [0.717, 1.165) is 38.4 Å². The topological polar surface area (TPSA) is 151 Å². The lowest BCUT2D eigenvalue weighted by molar-refractivity contribution is 0.0341. The van der Waals surface area contributed by atoms with E-state index in [0.29, 0.717) is 27.7 Å². The molecule has 0 saturated carbocycles. The lowest BCUT2D eigenvalue weighted by atomic mass is 10.1. The van der Waals surface area contributed by atoms with E-state index in [4.69, 9.17) is 9.88 Å². The van der Waals surface area contributed by atoms with E-state index in [1.807, 2.05) is 12.1 Å². The lowest BCUT2D eigenvalue weighted by Crippen LogP contribution is -2.35. The number of rotatable bonds is 7. The Labute approximate surface area is 185 Å². The number of carbonyl (C=O) groups is 1. The fourth-order valence-electron chi connectivity index (χ4n) is 3.67. The number of aromatic nitrogens is 2. The third kappa shape index (κ3) is 5.25. The fraction of sp³-hybridized carbons (Fsp3) is 0.333.